The van der Waals surface area contributed by atoms with Crippen molar-refractivity contribution in [1.82, 2.24) is 5.32 Å². The SMILES string of the molecule is O=S(=O)(O)C[C@@H](O)CNC1CCCCC1. The minimum absolute atomic E-state index is 0.227. The maximum absolute atomic E-state index is 10.5. The first kappa shape index (κ1) is 12.9. The van der Waals surface area contributed by atoms with Gasteiger partial charge in [-0.05, 0) is 12.8 Å². The summed E-state index contributed by atoms with van der Waals surface area (Å²) in [7, 11) is -4.07. The quantitative estimate of drug-likeness (QED) is 0.593. The Hall–Kier alpha value is -0.170. The average molecular weight is 237 g/mol. The van der Waals surface area contributed by atoms with E-state index in [1.54, 1.807) is 0 Å². The van der Waals surface area contributed by atoms with Crippen molar-refractivity contribution >= 4 is 10.1 Å². The van der Waals surface area contributed by atoms with Crippen molar-refractivity contribution in [2.45, 2.75) is 44.2 Å². The van der Waals surface area contributed by atoms with Crippen LogP contribution in [0, 0.1) is 0 Å². The Morgan fingerprint density at radius 1 is 1.27 bits per heavy atom. The first-order valence-corrected chi connectivity index (χ1v) is 6.95. The smallest absolute Gasteiger partial charge is 0.267 e. The van der Waals surface area contributed by atoms with E-state index in [-0.39, 0.29) is 6.54 Å². The molecule has 1 fully saturated rings. The van der Waals surface area contributed by atoms with Gasteiger partial charge in [0.05, 0.1) is 6.10 Å². The molecule has 0 aromatic rings. The standard InChI is InChI=1S/C9H19NO4S/c11-9(7-15(12,13)14)6-10-8-4-2-1-3-5-8/h8-11H,1-7H2,(H,12,13,14)/t9-/m0/s1. The maximum atomic E-state index is 10.5. The molecule has 0 spiro atoms. The summed E-state index contributed by atoms with van der Waals surface area (Å²) in [6.07, 6.45) is 4.77. The molecule has 0 aromatic carbocycles. The number of rotatable bonds is 5. The van der Waals surface area contributed by atoms with Crippen molar-refractivity contribution in [1.29, 1.82) is 0 Å². The van der Waals surface area contributed by atoms with Gasteiger partial charge in [-0.1, -0.05) is 19.3 Å². The lowest BCUT2D eigenvalue weighted by Crippen LogP contribution is -2.39. The molecule has 1 aliphatic rings. The van der Waals surface area contributed by atoms with E-state index in [0.717, 1.165) is 12.8 Å². The summed E-state index contributed by atoms with van der Waals surface area (Å²) in [6, 6.07) is 0.384. The average Bonchev–Trinajstić information content (AvgIpc) is 2.14. The van der Waals surface area contributed by atoms with Crippen LogP contribution in [0.4, 0.5) is 0 Å². The van der Waals surface area contributed by atoms with E-state index in [9.17, 15) is 13.5 Å². The van der Waals surface area contributed by atoms with Crippen molar-refractivity contribution in [3.05, 3.63) is 0 Å². The van der Waals surface area contributed by atoms with Gasteiger partial charge in [0, 0.05) is 12.6 Å². The Morgan fingerprint density at radius 3 is 2.40 bits per heavy atom. The normalized spacial score (nSPS) is 21.5. The van der Waals surface area contributed by atoms with E-state index in [0.29, 0.717) is 6.04 Å². The van der Waals surface area contributed by atoms with Crippen LogP contribution in [-0.4, -0.2) is 42.5 Å². The molecule has 0 saturated heterocycles. The molecule has 0 heterocycles. The van der Waals surface area contributed by atoms with Crippen molar-refractivity contribution in [3.8, 4) is 0 Å². The van der Waals surface area contributed by atoms with Crippen LogP contribution < -0.4 is 5.32 Å². The summed E-state index contributed by atoms with van der Waals surface area (Å²) in [5.41, 5.74) is 0. The molecule has 1 atom stereocenters. The fourth-order valence-corrected chi connectivity index (χ4v) is 2.52. The highest BCUT2D eigenvalue weighted by atomic mass is 32.2. The van der Waals surface area contributed by atoms with Gasteiger partial charge in [0.2, 0.25) is 0 Å². The van der Waals surface area contributed by atoms with Crippen molar-refractivity contribution in [2.24, 2.45) is 0 Å². The van der Waals surface area contributed by atoms with Gasteiger partial charge in [-0.25, -0.2) is 0 Å². The lowest BCUT2D eigenvalue weighted by molar-refractivity contribution is 0.181. The first-order chi connectivity index (χ1) is 6.97. The second kappa shape index (κ2) is 5.79. The van der Waals surface area contributed by atoms with Gasteiger partial charge in [0.1, 0.15) is 5.75 Å². The third kappa shape index (κ3) is 6.09. The second-order valence-electron chi connectivity index (χ2n) is 4.15. The number of aliphatic hydroxyl groups excluding tert-OH is 1. The van der Waals surface area contributed by atoms with Crippen LogP contribution in [-0.2, 0) is 10.1 Å². The topological polar surface area (TPSA) is 86.6 Å². The summed E-state index contributed by atoms with van der Waals surface area (Å²) in [6.45, 7) is 0.227. The summed E-state index contributed by atoms with van der Waals surface area (Å²) in [4.78, 5) is 0. The number of hydrogen-bond donors (Lipinski definition) is 3. The summed E-state index contributed by atoms with van der Waals surface area (Å²) < 4.78 is 29.4. The van der Waals surface area contributed by atoms with E-state index in [1.807, 2.05) is 0 Å². The molecule has 15 heavy (non-hydrogen) atoms. The van der Waals surface area contributed by atoms with Gasteiger partial charge in [-0.2, -0.15) is 8.42 Å². The Morgan fingerprint density at radius 2 is 1.87 bits per heavy atom. The molecule has 90 valence electrons. The van der Waals surface area contributed by atoms with Crippen molar-refractivity contribution in [2.75, 3.05) is 12.3 Å². The molecule has 1 saturated carbocycles. The maximum Gasteiger partial charge on any atom is 0.267 e. The summed E-state index contributed by atoms with van der Waals surface area (Å²) in [5, 5.41) is 12.4. The Kier molecular flexibility index (Phi) is 4.98. The first-order valence-electron chi connectivity index (χ1n) is 5.34. The minimum atomic E-state index is -4.07. The molecule has 0 aromatic heterocycles. The van der Waals surface area contributed by atoms with Gasteiger partial charge < -0.3 is 10.4 Å². The van der Waals surface area contributed by atoms with Gasteiger partial charge in [0.25, 0.3) is 10.1 Å². The molecule has 0 aliphatic heterocycles. The van der Waals surface area contributed by atoms with E-state index in [2.05, 4.69) is 5.32 Å². The monoisotopic (exact) mass is 237 g/mol. The zero-order valence-electron chi connectivity index (χ0n) is 8.72. The molecule has 1 aliphatic carbocycles. The van der Waals surface area contributed by atoms with Crippen LogP contribution in [0.15, 0.2) is 0 Å². The zero-order valence-corrected chi connectivity index (χ0v) is 9.54. The molecular weight excluding hydrogens is 218 g/mol. The molecule has 0 radical (unpaired) electrons. The molecule has 1 rings (SSSR count). The molecule has 0 unspecified atom stereocenters. The van der Waals surface area contributed by atoms with Crippen LogP contribution in [0.2, 0.25) is 0 Å². The second-order valence-corrected chi connectivity index (χ2v) is 5.64. The van der Waals surface area contributed by atoms with E-state index in [4.69, 9.17) is 4.55 Å². The zero-order chi connectivity index (χ0) is 11.3. The minimum Gasteiger partial charge on any atom is -0.391 e. The summed E-state index contributed by atoms with van der Waals surface area (Å²) >= 11 is 0. The number of aliphatic hydroxyl groups is 1. The van der Waals surface area contributed by atoms with Crippen molar-refractivity contribution in [3.63, 3.8) is 0 Å². The number of nitrogens with one attached hydrogen (secondary N) is 1. The molecule has 6 heteroatoms. The molecule has 5 nitrogen and oxygen atoms in total. The van der Waals surface area contributed by atoms with Gasteiger partial charge in [-0.3, -0.25) is 4.55 Å². The van der Waals surface area contributed by atoms with Gasteiger partial charge >= 0.3 is 0 Å². The lowest BCUT2D eigenvalue weighted by atomic mass is 9.95. The highest BCUT2D eigenvalue weighted by molar-refractivity contribution is 7.85. The van der Waals surface area contributed by atoms with Crippen LogP contribution in [0.3, 0.4) is 0 Å². The van der Waals surface area contributed by atoms with Gasteiger partial charge in [-0.15, -0.1) is 0 Å². The van der Waals surface area contributed by atoms with Crippen LogP contribution in [0.25, 0.3) is 0 Å². The predicted octanol–water partition coefficient (Wildman–Crippen LogP) is 0.157. The van der Waals surface area contributed by atoms with E-state index >= 15 is 0 Å². The third-order valence-electron chi connectivity index (χ3n) is 2.65. The highest BCUT2D eigenvalue weighted by Crippen LogP contribution is 2.17. The number of hydrogen-bond acceptors (Lipinski definition) is 4. The fourth-order valence-electron chi connectivity index (χ4n) is 1.91. The van der Waals surface area contributed by atoms with E-state index < -0.39 is 22.0 Å². The van der Waals surface area contributed by atoms with Crippen molar-refractivity contribution < 1.29 is 18.1 Å². The molecule has 0 bridgehead atoms. The predicted molar refractivity (Wildman–Crippen MR) is 57.3 cm³/mol. The fraction of sp³-hybridized carbons (Fsp3) is 1.00. The summed E-state index contributed by atoms with van der Waals surface area (Å²) in [5.74, 6) is -0.591. The van der Waals surface area contributed by atoms with Crippen LogP contribution >= 0.6 is 0 Å². The molecule has 3 N–H and O–H groups in total. The third-order valence-corrected chi connectivity index (χ3v) is 3.46. The largest absolute Gasteiger partial charge is 0.391 e. The van der Waals surface area contributed by atoms with Crippen LogP contribution in [0.1, 0.15) is 32.1 Å². The van der Waals surface area contributed by atoms with E-state index in [1.165, 1.54) is 19.3 Å². The Labute approximate surface area is 90.6 Å². The van der Waals surface area contributed by atoms with Gasteiger partial charge in [0.15, 0.2) is 0 Å². The molecule has 0 amide bonds. The Bertz CT molecular complexity index is 272. The Balaban J connectivity index is 2.18. The van der Waals surface area contributed by atoms with Crippen LogP contribution in [0.5, 0.6) is 0 Å². The lowest BCUT2D eigenvalue weighted by Gasteiger charge is -2.23. The highest BCUT2D eigenvalue weighted by Gasteiger charge is 2.17. The molecular formula is C9H19NO4S.